The van der Waals surface area contributed by atoms with Crippen molar-refractivity contribution in [3.63, 3.8) is 0 Å². The average molecular weight is 490 g/mol. The maximum atomic E-state index is 10.8. The summed E-state index contributed by atoms with van der Waals surface area (Å²) in [5.74, 6) is 2.32. The first-order valence-electron chi connectivity index (χ1n) is 13.6. The zero-order valence-electron chi connectivity index (χ0n) is 20.9. The molecule has 4 aliphatic rings. The van der Waals surface area contributed by atoms with Gasteiger partial charge in [0, 0.05) is 6.54 Å². The number of hydrogen-bond donors (Lipinski definition) is 2. The number of aliphatic hydroxyl groups is 1. The van der Waals surface area contributed by atoms with Gasteiger partial charge < -0.3 is 19.8 Å². The van der Waals surface area contributed by atoms with Gasteiger partial charge in [-0.3, -0.25) is 0 Å². The van der Waals surface area contributed by atoms with Gasteiger partial charge in [0.25, 0.3) is 0 Å². The Labute approximate surface area is 207 Å². The molecule has 0 aromatic heterocycles. The monoisotopic (exact) mass is 489 g/mol. The van der Waals surface area contributed by atoms with Crippen molar-refractivity contribution in [1.29, 1.82) is 0 Å². The number of benzene rings is 1. The molecule has 2 saturated heterocycles. The molecular weight excluding hydrogens is 445 g/mol. The van der Waals surface area contributed by atoms with E-state index in [1.807, 2.05) is 12.1 Å². The second kappa shape index (κ2) is 12.7. The highest BCUT2D eigenvalue weighted by Crippen LogP contribution is 2.49. The Morgan fingerprint density at radius 1 is 1.18 bits per heavy atom. The van der Waals surface area contributed by atoms with Gasteiger partial charge in [-0.25, -0.2) is 4.79 Å². The van der Waals surface area contributed by atoms with E-state index in [1.165, 1.54) is 69.3 Å². The minimum absolute atomic E-state index is 0.124. The fourth-order valence-electron chi connectivity index (χ4n) is 6.53. The van der Waals surface area contributed by atoms with Crippen LogP contribution in [-0.2, 0) is 17.6 Å². The van der Waals surface area contributed by atoms with E-state index >= 15 is 0 Å². The highest BCUT2D eigenvalue weighted by Gasteiger charge is 2.40. The molecule has 0 spiro atoms. The Balaban J connectivity index is 0.000000328. The van der Waals surface area contributed by atoms with Crippen molar-refractivity contribution in [2.75, 3.05) is 32.4 Å². The van der Waals surface area contributed by atoms with Crippen molar-refractivity contribution in [3.05, 3.63) is 29.3 Å². The normalized spacial score (nSPS) is 30.0. The Kier molecular flexibility index (Phi) is 9.68. The van der Waals surface area contributed by atoms with Crippen molar-refractivity contribution in [1.82, 2.24) is 4.90 Å². The van der Waals surface area contributed by atoms with Gasteiger partial charge in [-0.1, -0.05) is 38.3 Å². The van der Waals surface area contributed by atoms with Gasteiger partial charge >= 0.3 is 5.97 Å². The van der Waals surface area contributed by atoms with Crippen LogP contribution in [0.5, 0.6) is 5.75 Å². The second-order valence-electron chi connectivity index (χ2n) is 10.9. The molecule has 2 bridgehead atoms. The summed E-state index contributed by atoms with van der Waals surface area (Å²) in [6, 6.07) is 6.07. The molecule has 1 aromatic carbocycles. The maximum Gasteiger partial charge on any atom is 0.341 e. The predicted molar refractivity (Wildman–Crippen MR) is 139 cm³/mol. The molecule has 0 amide bonds. The smallest absolute Gasteiger partial charge is 0.341 e. The standard InChI is InChI=1S/C22H33O4P.C6H11N/c1-2-3-4-7-17(23)14-27-21-10-9-16-11-18-15(12-19(16)21)6-5-8-20(18)26-13-22(24)25;1-3-7-4-2-6(1)5-7/h5-6,8,16-17,19,21,23,27H,2-4,7,9-14H2,1H3,(H,24,25);6H,1-5H2. The molecular formula is C28H44NO4P. The number of ether oxygens (including phenoxy) is 1. The van der Waals surface area contributed by atoms with Crippen LogP contribution in [0, 0.1) is 17.8 Å². The van der Waals surface area contributed by atoms with Crippen LogP contribution in [0.15, 0.2) is 18.2 Å². The maximum absolute atomic E-state index is 10.8. The van der Waals surface area contributed by atoms with Crippen molar-refractivity contribution < 1.29 is 19.7 Å². The summed E-state index contributed by atoms with van der Waals surface area (Å²) in [6.07, 6.45) is 12.9. The van der Waals surface area contributed by atoms with Crippen molar-refractivity contribution >= 4 is 14.6 Å². The summed E-state index contributed by atoms with van der Waals surface area (Å²) in [6.45, 7) is 6.13. The number of carboxylic acids is 1. The molecule has 3 fully saturated rings. The van der Waals surface area contributed by atoms with E-state index < -0.39 is 5.97 Å². The van der Waals surface area contributed by atoms with Crippen LogP contribution in [0.2, 0.25) is 0 Å². The highest BCUT2D eigenvalue weighted by molar-refractivity contribution is 7.39. The topological polar surface area (TPSA) is 70.0 Å². The summed E-state index contributed by atoms with van der Waals surface area (Å²) in [4.78, 5) is 13.4. The number of nitrogens with zero attached hydrogens (tertiary/aromatic N) is 1. The lowest BCUT2D eigenvalue weighted by Crippen LogP contribution is -2.27. The van der Waals surface area contributed by atoms with Gasteiger partial charge in [0.2, 0.25) is 0 Å². The molecule has 34 heavy (non-hydrogen) atoms. The number of aliphatic carboxylic acids is 1. The molecule has 2 aliphatic carbocycles. The quantitative estimate of drug-likeness (QED) is 0.359. The van der Waals surface area contributed by atoms with Crippen LogP contribution in [0.3, 0.4) is 0 Å². The van der Waals surface area contributed by atoms with E-state index in [2.05, 4.69) is 17.9 Å². The van der Waals surface area contributed by atoms with Gasteiger partial charge in [0.15, 0.2) is 6.61 Å². The number of carbonyl (C=O) groups is 1. The molecule has 2 heterocycles. The second-order valence-corrected chi connectivity index (χ2v) is 12.5. The highest BCUT2D eigenvalue weighted by atomic mass is 31.1. The molecule has 1 saturated carbocycles. The van der Waals surface area contributed by atoms with Crippen molar-refractivity contribution in [3.8, 4) is 5.75 Å². The fraction of sp³-hybridized carbons (Fsp3) is 0.750. The number of fused-ring (bicyclic) bond motifs is 4. The lowest BCUT2D eigenvalue weighted by atomic mass is 9.77. The van der Waals surface area contributed by atoms with E-state index in [9.17, 15) is 9.90 Å². The summed E-state index contributed by atoms with van der Waals surface area (Å²) < 4.78 is 5.54. The predicted octanol–water partition coefficient (Wildman–Crippen LogP) is 4.98. The van der Waals surface area contributed by atoms with E-state index in [4.69, 9.17) is 9.84 Å². The van der Waals surface area contributed by atoms with Crippen molar-refractivity contribution in [2.24, 2.45) is 17.8 Å². The first-order valence-corrected chi connectivity index (χ1v) is 14.9. The lowest BCUT2D eigenvalue weighted by molar-refractivity contribution is -0.139. The largest absolute Gasteiger partial charge is 0.482 e. The van der Waals surface area contributed by atoms with Gasteiger partial charge in [-0.15, -0.1) is 8.58 Å². The molecule has 5 atom stereocenters. The molecule has 2 aliphatic heterocycles. The SMILES string of the molecule is C1CN2CCC1C2.CCCCCC(O)CPC1CCC2Cc3c(cccc3OCC(=O)O)CC21. The zero-order chi connectivity index (χ0) is 23.9. The Hall–Kier alpha value is -1.16. The molecule has 5 rings (SSSR count). The number of hydrogen-bond acceptors (Lipinski definition) is 4. The summed E-state index contributed by atoms with van der Waals surface area (Å²) in [7, 11) is 0.861. The van der Waals surface area contributed by atoms with Gasteiger partial charge in [0.1, 0.15) is 5.75 Å². The van der Waals surface area contributed by atoms with Crippen molar-refractivity contribution in [2.45, 2.75) is 82.9 Å². The molecule has 5 nitrogen and oxygen atoms in total. The van der Waals surface area contributed by atoms with Crippen LogP contribution >= 0.6 is 8.58 Å². The summed E-state index contributed by atoms with van der Waals surface area (Å²) in [5.41, 5.74) is 3.30. The first-order chi connectivity index (χ1) is 16.5. The van der Waals surface area contributed by atoms with Crippen LogP contribution in [0.1, 0.15) is 69.4 Å². The summed E-state index contributed by atoms with van der Waals surface area (Å²) in [5, 5.41) is 19.2. The average Bonchev–Trinajstić information content (AvgIpc) is 3.58. The third-order valence-electron chi connectivity index (χ3n) is 8.45. The molecule has 2 N–H and O–H groups in total. The molecule has 6 heteroatoms. The lowest BCUT2D eigenvalue weighted by Gasteiger charge is -2.32. The molecule has 0 radical (unpaired) electrons. The third kappa shape index (κ3) is 6.95. The van der Waals surface area contributed by atoms with Crippen LogP contribution in [0.25, 0.3) is 0 Å². The Morgan fingerprint density at radius 3 is 2.65 bits per heavy atom. The van der Waals surface area contributed by atoms with E-state index in [0.29, 0.717) is 11.8 Å². The van der Waals surface area contributed by atoms with Gasteiger partial charge in [-0.05, 0) is 105 Å². The molecule has 1 aromatic rings. The van der Waals surface area contributed by atoms with E-state index in [-0.39, 0.29) is 12.7 Å². The van der Waals surface area contributed by atoms with E-state index in [0.717, 1.165) is 57.8 Å². The van der Waals surface area contributed by atoms with E-state index in [1.54, 1.807) is 0 Å². The van der Waals surface area contributed by atoms with Crippen LogP contribution < -0.4 is 4.74 Å². The number of carboxylic acid groups (broad SMARTS) is 1. The first kappa shape index (κ1) is 25.9. The van der Waals surface area contributed by atoms with Gasteiger partial charge in [0.05, 0.1) is 6.10 Å². The fourth-order valence-corrected chi connectivity index (χ4v) is 8.37. The zero-order valence-corrected chi connectivity index (χ0v) is 21.9. The Bertz CT molecular complexity index is 785. The minimum Gasteiger partial charge on any atom is -0.482 e. The van der Waals surface area contributed by atoms with Gasteiger partial charge in [-0.2, -0.15) is 0 Å². The van der Waals surface area contributed by atoms with Crippen LogP contribution in [-0.4, -0.2) is 65.2 Å². The summed E-state index contributed by atoms with van der Waals surface area (Å²) >= 11 is 0. The number of unbranched alkanes of at least 4 members (excludes halogenated alkanes) is 2. The number of rotatable bonds is 10. The third-order valence-corrected chi connectivity index (χ3v) is 10.4. The molecule has 190 valence electrons. The number of aliphatic hydroxyl groups excluding tert-OH is 1. The Morgan fingerprint density at radius 2 is 2.00 bits per heavy atom. The number of piperidine rings is 1. The van der Waals surface area contributed by atoms with Crippen LogP contribution in [0.4, 0.5) is 0 Å². The minimum atomic E-state index is -0.930. The molecule has 5 unspecified atom stereocenters.